The van der Waals surface area contributed by atoms with E-state index >= 15 is 0 Å². The molecule has 1 aliphatic heterocycles. The summed E-state index contributed by atoms with van der Waals surface area (Å²) in [6.07, 6.45) is -2.96. The molecule has 2 aromatic heterocycles. The van der Waals surface area contributed by atoms with Crippen molar-refractivity contribution < 1.29 is 17.9 Å². The van der Waals surface area contributed by atoms with Crippen LogP contribution in [0.4, 0.5) is 14.8 Å². The molecule has 0 bridgehead atoms. The Kier molecular flexibility index (Phi) is 3.62. The smallest absolute Gasteiger partial charge is 0.318 e. The van der Waals surface area contributed by atoms with Crippen LogP contribution in [0.25, 0.3) is 0 Å². The molecule has 20 heavy (non-hydrogen) atoms. The Morgan fingerprint density at radius 2 is 2.30 bits per heavy atom. The summed E-state index contributed by atoms with van der Waals surface area (Å²) in [5.41, 5.74) is 0.934. The van der Waals surface area contributed by atoms with Crippen LogP contribution < -0.4 is 4.90 Å². The maximum absolute atomic E-state index is 12.4. The second-order valence-electron chi connectivity index (χ2n) is 4.36. The lowest BCUT2D eigenvalue weighted by Gasteiger charge is -2.30. The molecule has 0 N–H and O–H groups in total. The number of nitrogens with zero attached hydrogens (tertiary/aromatic N) is 4. The molecule has 0 amide bonds. The predicted octanol–water partition coefficient (Wildman–Crippen LogP) is 2.35. The lowest BCUT2D eigenvalue weighted by Crippen LogP contribution is -2.38. The van der Waals surface area contributed by atoms with Crippen molar-refractivity contribution in [3.8, 4) is 0 Å². The fraction of sp³-hybridized carbons (Fsp3) is 0.545. The monoisotopic (exact) mass is 302 g/mol. The van der Waals surface area contributed by atoms with Gasteiger partial charge in [0.25, 0.3) is 5.89 Å². The van der Waals surface area contributed by atoms with Crippen LogP contribution in [-0.4, -0.2) is 34.9 Å². The van der Waals surface area contributed by atoms with Crippen molar-refractivity contribution in [3.05, 3.63) is 22.0 Å². The number of aromatic nitrogens is 3. The van der Waals surface area contributed by atoms with Gasteiger partial charge < -0.3 is 14.1 Å². The van der Waals surface area contributed by atoms with E-state index in [0.29, 0.717) is 19.7 Å². The minimum atomic E-state index is -2.75. The number of halogens is 2. The maximum Gasteiger partial charge on any atom is 0.318 e. The van der Waals surface area contributed by atoms with Crippen LogP contribution in [0, 0.1) is 6.92 Å². The van der Waals surface area contributed by atoms with Crippen LogP contribution in [-0.2, 0) is 4.74 Å². The van der Waals surface area contributed by atoms with E-state index in [1.807, 2.05) is 12.3 Å². The molecule has 1 atom stereocenters. The third-order valence-corrected chi connectivity index (χ3v) is 3.92. The lowest BCUT2D eigenvalue weighted by molar-refractivity contribution is 0.0373. The summed E-state index contributed by atoms with van der Waals surface area (Å²) in [6, 6.07) is 0.0990. The number of hydrogen-bond acceptors (Lipinski definition) is 7. The SMILES string of the molecule is Cc1csc(C2CN(c3nnc(C(F)F)o3)CCO2)n1. The first kappa shape index (κ1) is 13.4. The van der Waals surface area contributed by atoms with Gasteiger partial charge in [-0.2, -0.15) is 8.78 Å². The summed E-state index contributed by atoms with van der Waals surface area (Å²) in [5, 5.41) is 9.79. The zero-order valence-electron chi connectivity index (χ0n) is 10.6. The highest BCUT2D eigenvalue weighted by atomic mass is 32.1. The number of morpholine rings is 1. The zero-order chi connectivity index (χ0) is 14.1. The standard InChI is InChI=1S/C11H12F2N4O2S/c1-6-5-20-10(14-6)7-4-17(2-3-18-7)11-16-15-9(19-11)8(12)13/h5,7-8H,2-4H2,1H3. The molecule has 0 radical (unpaired) electrons. The fourth-order valence-electron chi connectivity index (χ4n) is 1.93. The highest BCUT2D eigenvalue weighted by molar-refractivity contribution is 7.09. The van der Waals surface area contributed by atoms with Crippen LogP contribution in [0.15, 0.2) is 9.80 Å². The molecule has 0 aliphatic carbocycles. The van der Waals surface area contributed by atoms with Crippen LogP contribution in [0.2, 0.25) is 0 Å². The fourth-order valence-corrected chi connectivity index (χ4v) is 2.77. The van der Waals surface area contributed by atoms with Crippen molar-refractivity contribution in [2.45, 2.75) is 19.5 Å². The van der Waals surface area contributed by atoms with Gasteiger partial charge in [-0.15, -0.1) is 16.4 Å². The number of rotatable bonds is 3. The molecule has 0 spiro atoms. The van der Waals surface area contributed by atoms with E-state index in [4.69, 9.17) is 9.15 Å². The first-order valence-electron chi connectivity index (χ1n) is 6.03. The third-order valence-electron chi connectivity index (χ3n) is 2.87. The molecule has 6 nitrogen and oxygen atoms in total. The largest absolute Gasteiger partial charge is 0.402 e. The summed E-state index contributed by atoms with van der Waals surface area (Å²) in [6.45, 7) is 3.34. The Morgan fingerprint density at radius 1 is 1.45 bits per heavy atom. The Labute approximate surface area is 117 Å². The maximum atomic E-state index is 12.4. The molecular formula is C11H12F2N4O2S. The number of thiazole rings is 1. The van der Waals surface area contributed by atoms with Crippen molar-refractivity contribution in [2.75, 3.05) is 24.6 Å². The number of alkyl halides is 2. The molecule has 108 valence electrons. The van der Waals surface area contributed by atoms with Gasteiger partial charge in [0.05, 0.1) is 13.2 Å². The first-order valence-corrected chi connectivity index (χ1v) is 6.91. The summed E-state index contributed by atoms with van der Waals surface area (Å²) in [4.78, 5) is 6.12. The van der Waals surface area contributed by atoms with Crippen molar-refractivity contribution in [1.29, 1.82) is 0 Å². The molecule has 1 saturated heterocycles. The van der Waals surface area contributed by atoms with E-state index in [2.05, 4.69) is 15.2 Å². The highest BCUT2D eigenvalue weighted by Gasteiger charge is 2.28. The van der Waals surface area contributed by atoms with Crippen LogP contribution in [0.3, 0.4) is 0 Å². The molecular weight excluding hydrogens is 290 g/mol. The molecule has 1 fully saturated rings. The van der Waals surface area contributed by atoms with Crippen molar-refractivity contribution in [1.82, 2.24) is 15.2 Å². The summed E-state index contributed by atoms with van der Waals surface area (Å²) >= 11 is 1.51. The Morgan fingerprint density at radius 3 is 2.95 bits per heavy atom. The Balaban J connectivity index is 1.74. The van der Waals surface area contributed by atoms with E-state index in [1.54, 1.807) is 4.90 Å². The normalized spacial score (nSPS) is 19.8. The molecule has 9 heteroatoms. The van der Waals surface area contributed by atoms with Gasteiger partial charge in [-0.3, -0.25) is 0 Å². The average molecular weight is 302 g/mol. The minimum Gasteiger partial charge on any atom is -0.402 e. The molecule has 1 unspecified atom stereocenters. The lowest BCUT2D eigenvalue weighted by atomic mass is 10.3. The average Bonchev–Trinajstić information content (AvgIpc) is 3.07. The highest BCUT2D eigenvalue weighted by Crippen LogP contribution is 2.28. The van der Waals surface area contributed by atoms with Gasteiger partial charge in [-0.25, -0.2) is 4.98 Å². The minimum absolute atomic E-state index is 0.0990. The van der Waals surface area contributed by atoms with Gasteiger partial charge in [-0.05, 0) is 6.92 Å². The van der Waals surface area contributed by atoms with E-state index in [1.165, 1.54) is 11.3 Å². The number of hydrogen-bond donors (Lipinski definition) is 0. The molecule has 2 aromatic rings. The second kappa shape index (κ2) is 5.41. The van der Waals surface area contributed by atoms with E-state index in [-0.39, 0.29) is 12.1 Å². The quantitative estimate of drug-likeness (QED) is 0.867. The van der Waals surface area contributed by atoms with Crippen LogP contribution in [0.1, 0.15) is 29.1 Å². The van der Waals surface area contributed by atoms with Gasteiger partial charge in [0, 0.05) is 17.6 Å². The number of ether oxygens (including phenoxy) is 1. The topological polar surface area (TPSA) is 64.3 Å². The van der Waals surface area contributed by atoms with Crippen LogP contribution >= 0.6 is 11.3 Å². The van der Waals surface area contributed by atoms with Gasteiger partial charge in [0.1, 0.15) is 11.1 Å². The zero-order valence-corrected chi connectivity index (χ0v) is 11.4. The Bertz CT molecular complexity index is 588. The van der Waals surface area contributed by atoms with Crippen molar-refractivity contribution >= 4 is 17.4 Å². The summed E-state index contributed by atoms with van der Waals surface area (Å²) in [5.74, 6) is -0.659. The van der Waals surface area contributed by atoms with E-state index < -0.39 is 12.3 Å². The summed E-state index contributed by atoms with van der Waals surface area (Å²) < 4.78 is 35.5. The Hall–Kier alpha value is -1.61. The molecule has 3 heterocycles. The molecule has 1 aliphatic rings. The number of aryl methyl sites for hydroxylation is 1. The third kappa shape index (κ3) is 2.63. The number of anilines is 1. The van der Waals surface area contributed by atoms with Gasteiger partial charge in [0.2, 0.25) is 0 Å². The van der Waals surface area contributed by atoms with Gasteiger partial charge in [-0.1, -0.05) is 5.10 Å². The molecule has 0 saturated carbocycles. The molecule has 3 rings (SSSR count). The van der Waals surface area contributed by atoms with Crippen molar-refractivity contribution in [3.63, 3.8) is 0 Å². The second-order valence-corrected chi connectivity index (χ2v) is 5.25. The van der Waals surface area contributed by atoms with E-state index in [9.17, 15) is 8.78 Å². The van der Waals surface area contributed by atoms with Crippen molar-refractivity contribution in [2.24, 2.45) is 0 Å². The first-order chi connectivity index (χ1) is 9.63. The predicted molar refractivity (Wildman–Crippen MR) is 67.0 cm³/mol. The summed E-state index contributed by atoms with van der Waals surface area (Å²) in [7, 11) is 0. The van der Waals surface area contributed by atoms with Gasteiger partial charge >= 0.3 is 12.4 Å². The molecule has 0 aromatic carbocycles. The van der Waals surface area contributed by atoms with Gasteiger partial charge in [0.15, 0.2) is 0 Å². The van der Waals surface area contributed by atoms with E-state index in [0.717, 1.165) is 10.7 Å². The van der Waals surface area contributed by atoms with Crippen LogP contribution in [0.5, 0.6) is 0 Å².